The molecule has 1 amide bonds. The first-order chi connectivity index (χ1) is 10.8. The third-order valence-corrected chi connectivity index (χ3v) is 2.53. The van der Waals surface area contributed by atoms with E-state index in [2.05, 4.69) is 5.32 Å². The summed E-state index contributed by atoms with van der Waals surface area (Å²) in [5, 5.41) is 11.2. The molecule has 0 aliphatic carbocycles. The molecule has 2 N–H and O–H groups in total. The summed E-state index contributed by atoms with van der Waals surface area (Å²) in [6.45, 7) is 5.58. The highest BCUT2D eigenvalue weighted by atomic mass is 16.6. The van der Waals surface area contributed by atoms with Gasteiger partial charge in [-0.3, -0.25) is 0 Å². The zero-order chi connectivity index (χ0) is 17.3. The molecule has 0 atom stereocenters. The molecule has 0 heterocycles. The van der Waals surface area contributed by atoms with Crippen LogP contribution in [-0.2, 0) is 9.53 Å². The van der Waals surface area contributed by atoms with Gasteiger partial charge in [0.1, 0.15) is 11.4 Å². The number of alkyl carbamates (subject to hydrolysis) is 1. The van der Waals surface area contributed by atoms with E-state index >= 15 is 0 Å². The van der Waals surface area contributed by atoms with Crippen LogP contribution < -0.4 is 10.1 Å². The van der Waals surface area contributed by atoms with Gasteiger partial charge in [0.2, 0.25) is 0 Å². The molecular weight excluding hydrogens is 298 g/mol. The van der Waals surface area contributed by atoms with Crippen LogP contribution in [0.1, 0.15) is 32.8 Å². The highest BCUT2D eigenvalue weighted by Gasteiger charge is 2.15. The van der Waals surface area contributed by atoms with Gasteiger partial charge in [0.15, 0.2) is 6.61 Å². The molecule has 0 saturated heterocycles. The van der Waals surface area contributed by atoms with E-state index in [4.69, 9.17) is 14.6 Å². The number of carboxylic acid groups (broad SMARTS) is 1. The number of rotatable bonds is 7. The maximum Gasteiger partial charge on any atom is 0.407 e. The molecule has 23 heavy (non-hydrogen) atoms. The van der Waals surface area contributed by atoms with E-state index in [1.54, 1.807) is 12.1 Å². The first-order valence-electron chi connectivity index (χ1n) is 7.34. The minimum Gasteiger partial charge on any atom is -0.482 e. The van der Waals surface area contributed by atoms with Gasteiger partial charge in [-0.2, -0.15) is 0 Å². The quantitative estimate of drug-likeness (QED) is 0.754. The number of carboxylic acids is 1. The molecule has 6 heteroatoms. The van der Waals surface area contributed by atoms with Crippen LogP contribution in [0.2, 0.25) is 0 Å². The fourth-order valence-corrected chi connectivity index (χ4v) is 1.61. The van der Waals surface area contributed by atoms with Crippen LogP contribution in [0.15, 0.2) is 30.3 Å². The largest absolute Gasteiger partial charge is 0.482 e. The van der Waals surface area contributed by atoms with Crippen molar-refractivity contribution < 1.29 is 24.2 Å². The Labute approximate surface area is 136 Å². The van der Waals surface area contributed by atoms with Crippen molar-refractivity contribution in [2.75, 3.05) is 13.2 Å². The number of hydrogen-bond acceptors (Lipinski definition) is 4. The third-order valence-electron chi connectivity index (χ3n) is 2.53. The Hall–Kier alpha value is -2.50. The van der Waals surface area contributed by atoms with E-state index in [1.807, 2.05) is 45.1 Å². The van der Waals surface area contributed by atoms with E-state index in [0.29, 0.717) is 18.7 Å². The molecule has 0 aliphatic rings. The van der Waals surface area contributed by atoms with Crippen LogP contribution in [0.5, 0.6) is 5.75 Å². The van der Waals surface area contributed by atoms with Gasteiger partial charge in [0, 0.05) is 6.54 Å². The second-order valence-corrected chi connectivity index (χ2v) is 5.87. The number of nitrogens with one attached hydrogen (secondary N) is 1. The first kappa shape index (κ1) is 18.5. The number of amides is 1. The molecule has 126 valence electrons. The highest BCUT2D eigenvalue weighted by molar-refractivity contribution is 5.68. The zero-order valence-corrected chi connectivity index (χ0v) is 13.7. The second-order valence-electron chi connectivity index (χ2n) is 5.87. The van der Waals surface area contributed by atoms with Crippen LogP contribution in [0.25, 0.3) is 6.08 Å². The minimum atomic E-state index is -1.01. The molecule has 0 fully saturated rings. The maximum absolute atomic E-state index is 11.4. The lowest BCUT2D eigenvalue weighted by molar-refractivity contribution is -0.139. The molecule has 1 rings (SSSR count). The van der Waals surface area contributed by atoms with Crippen molar-refractivity contribution in [3.05, 3.63) is 35.9 Å². The van der Waals surface area contributed by atoms with Crippen LogP contribution in [-0.4, -0.2) is 35.9 Å². The highest BCUT2D eigenvalue weighted by Crippen LogP contribution is 2.13. The van der Waals surface area contributed by atoms with Crippen molar-refractivity contribution in [1.29, 1.82) is 0 Å². The summed E-state index contributed by atoms with van der Waals surface area (Å²) in [7, 11) is 0. The first-order valence-corrected chi connectivity index (χ1v) is 7.34. The van der Waals surface area contributed by atoms with Gasteiger partial charge in [-0.05, 0) is 44.9 Å². The Balaban J connectivity index is 2.29. The monoisotopic (exact) mass is 321 g/mol. The van der Waals surface area contributed by atoms with Crippen LogP contribution in [0, 0.1) is 0 Å². The fourth-order valence-electron chi connectivity index (χ4n) is 1.61. The van der Waals surface area contributed by atoms with Gasteiger partial charge < -0.3 is 19.9 Å². The Kier molecular flexibility index (Phi) is 7.12. The van der Waals surface area contributed by atoms with Gasteiger partial charge in [0.05, 0.1) is 0 Å². The van der Waals surface area contributed by atoms with Crippen LogP contribution in [0.3, 0.4) is 0 Å². The lowest BCUT2D eigenvalue weighted by Gasteiger charge is -2.19. The summed E-state index contributed by atoms with van der Waals surface area (Å²) in [6.07, 6.45) is 4.10. The SMILES string of the molecule is CC(C)(C)OC(=O)NCCC=Cc1ccc(OCC(=O)O)cc1. The molecule has 0 bridgehead atoms. The smallest absolute Gasteiger partial charge is 0.407 e. The summed E-state index contributed by atoms with van der Waals surface area (Å²) in [6, 6.07) is 7.08. The summed E-state index contributed by atoms with van der Waals surface area (Å²) in [4.78, 5) is 21.8. The molecule has 1 aromatic rings. The van der Waals surface area contributed by atoms with Gasteiger partial charge in [-0.1, -0.05) is 24.3 Å². The Morgan fingerprint density at radius 1 is 1.22 bits per heavy atom. The predicted molar refractivity (Wildman–Crippen MR) is 87.5 cm³/mol. The average molecular weight is 321 g/mol. The Morgan fingerprint density at radius 2 is 1.87 bits per heavy atom. The van der Waals surface area contributed by atoms with Crippen LogP contribution >= 0.6 is 0 Å². The van der Waals surface area contributed by atoms with E-state index in [0.717, 1.165) is 5.56 Å². The molecule has 0 unspecified atom stereocenters. The van der Waals surface area contributed by atoms with E-state index < -0.39 is 17.7 Å². The molecule has 0 spiro atoms. The number of benzene rings is 1. The topological polar surface area (TPSA) is 84.9 Å². The normalized spacial score (nSPS) is 11.3. The number of aliphatic carboxylic acids is 1. The standard InChI is InChI=1S/C17H23NO5/c1-17(2,3)23-16(21)18-11-5-4-6-13-7-9-14(10-8-13)22-12-15(19)20/h4,6-10H,5,11-12H2,1-3H3,(H,18,21)(H,19,20). The van der Waals surface area contributed by atoms with Crippen molar-refractivity contribution >= 4 is 18.1 Å². The third kappa shape index (κ3) is 9.18. The fraction of sp³-hybridized carbons (Fsp3) is 0.412. The van der Waals surface area contributed by atoms with Gasteiger partial charge in [-0.15, -0.1) is 0 Å². The van der Waals surface area contributed by atoms with E-state index in [9.17, 15) is 9.59 Å². The summed E-state index contributed by atoms with van der Waals surface area (Å²) in [5.41, 5.74) is 0.467. The lowest BCUT2D eigenvalue weighted by atomic mass is 10.2. The lowest BCUT2D eigenvalue weighted by Crippen LogP contribution is -2.32. The second kappa shape index (κ2) is 8.82. The molecule has 0 aromatic heterocycles. The molecule has 0 radical (unpaired) electrons. The summed E-state index contributed by atoms with van der Waals surface area (Å²) in [5.74, 6) is -0.498. The number of carbonyl (C=O) groups excluding carboxylic acids is 1. The van der Waals surface area contributed by atoms with E-state index in [-0.39, 0.29) is 6.61 Å². The number of hydrogen-bond donors (Lipinski definition) is 2. The van der Waals surface area contributed by atoms with Crippen molar-refractivity contribution in [2.24, 2.45) is 0 Å². The molecular formula is C17H23NO5. The average Bonchev–Trinajstić information content (AvgIpc) is 2.44. The summed E-state index contributed by atoms with van der Waals surface area (Å²) < 4.78 is 10.2. The zero-order valence-electron chi connectivity index (χ0n) is 13.7. The van der Waals surface area contributed by atoms with Crippen molar-refractivity contribution in [2.45, 2.75) is 32.8 Å². The molecule has 6 nitrogen and oxygen atoms in total. The summed E-state index contributed by atoms with van der Waals surface area (Å²) >= 11 is 0. The predicted octanol–water partition coefficient (Wildman–Crippen LogP) is 3.08. The number of carbonyl (C=O) groups is 2. The Morgan fingerprint density at radius 3 is 2.43 bits per heavy atom. The van der Waals surface area contributed by atoms with Crippen molar-refractivity contribution in [3.8, 4) is 5.75 Å². The minimum absolute atomic E-state index is 0.356. The molecule has 0 aliphatic heterocycles. The number of ether oxygens (including phenoxy) is 2. The molecule has 1 aromatic carbocycles. The molecule has 0 saturated carbocycles. The van der Waals surface area contributed by atoms with Crippen molar-refractivity contribution in [3.63, 3.8) is 0 Å². The van der Waals surface area contributed by atoms with E-state index in [1.165, 1.54) is 0 Å². The van der Waals surface area contributed by atoms with Gasteiger partial charge >= 0.3 is 12.1 Å². The van der Waals surface area contributed by atoms with Gasteiger partial charge in [0.25, 0.3) is 0 Å². The maximum atomic E-state index is 11.4. The Bertz CT molecular complexity index is 543. The van der Waals surface area contributed by atoms with Crippen LogP contribution in [0.4, 0.5) is 4.79 Å². The van der Waals surface area contributed by atoms with Gasteiger partial charge in [-0.25, -0.2) is 9.59 Å². The van der Waals surface area contributed by atoms with Crippen molar-refractivity contribution in [1.82, 2.24) is 5.32 Å².